The molecule has 0 amide bonds. The number of nitro benzene ring substituents is 1. The van der Waals surface area contributed by atoms with E-state index in [1.807, 2.05) is 0 Å². The van der Waals surface area contributed by atoms with Crippen LogP contribution in [0.5, 0.6) is 28.7 Å². The zero-order valence-electron chi connectivity index (χ0n) is 55.7. The number of benzene rings is 10. The number of phenolic OH excluding ortho intramolecular Hbond substituents is 4. The van der Waals surface area contributed by atoms with Crippen LogP contribution in [0.25, 0.3) is 43.1 Å². The molecule has 0 aliphatic rings. The highest BCUT2D eigenvalue weighted by Crippen LogP contribution is 2.52. The number of nitro groups is 1. The molecule has 0 aromatic heterocycles. The first kappa shape index (κ1) is 86.0. The van der Waals surface area contributed by atoms with Crippen LogP contribution in [0.1, 0.15) is 12.0 Å². The molecular formula is C56H42N12O37S10. The summed E-state index contributed by atoms with van der Waals surface area (Å²) in [7, 11) is -55.2. The van der Waals surface area contributed by atoms with Crippen molar-refractivity contribution < 1.29 is 160 Å². The van der Waals surface area contributed by atoms with Crippen LogP contribution in [0.15, 0.2) is 198 Å². The standard InChI is InChI=1S/C56H42N12O37S10/c1-22-9-35(40(105-7-2-8-106(75,76)77)20-34(22)60-63-37-15-26(107(78,79)80)10-24-11-27(108(81,82)83)16-39(69)47(24)37)61-65-50-44(112(93,94)95)13-23-12-42(110(87,88)89)36(17-29(23)54(50)71)62-66-51-45(113(96,97)98)18-30-28(53(51)70)4-6-33(56(30)115(102,103)104)59-64-38-21-41(109(84,85)86)31-19-46(114(99,100)101)52(55(72)48(31)49(38)57)67-58-32-5-3-25(68(73)74)14-43(32)111(90,91)92/h3-6,9-21,69-72H,2,7-8,57H2,1H3,(H,75,76,77)(H,78,79,80)(H,81,82,83)(H,84,85,86)(H,87,88,89)(H,90,91,92)(H,93,94,95)(H,96,97,98)(H,99,100,101)(H,102,103,104). The van der Waals surface area contributed by atoms with E-state index in [2.05, 4.69) is 51.1 Å². The molecule has 0 unspecified atom stereocenters. The van der Waals surface area contributed by atoms with E-state index in [4.69, 9.17) is 10.5 Å². The quantitative estimate of drug-likeness (QED) is 0.00631. The molecule has 115 heavy (non-hydrogen) atoms. The van der Waals surface area contributed by atoms with E-state index in [0.29, 0.717) is 66.7 Å². The van der Waals surface area contributed by atoms with Gasteiger partial charge in [0, 0.05) is 45.8 Å². The highest BCUT2D eigenvalue weighted by molar-refractivity contribution is 7.88. The molecule has 59 heteroatoms. The predicted octanol–water partition coefficient (Wildman–Crippen LogP) is 9.87. The van der Waals surface area contributed by atoms with E-state index in [9.17, 15) is 160 Å². The van der Waals surface area contributed by atoms with Gasteiger partial charge in [-0.3, -0.25) is 55.6 Å². The Morgan fingerprint density at radius 2 is 0.826 bits per heavy atom. The first-order valence-electron chi connectivity index (χ1n) is 29.6. The minimum Gasteiger partial charge on any atom is -0.507 e. The van der Waals surface area contributed by atoms with Crippen molar-refractivity contribution in [1.82, 2.24) is 0 Å². The second kappa shape index (κ2) is 30.1. The summed E-state index contributed by atoms with van der Waals surface area (Å²) in [6, 6.07) is 8.91. The molecule has 0 bridgehead atoms. The van der Waals surface area contributed by atoms with Crippen LogP contribution in [0.4, 0.5) is 68.2 Å². The van der Waals surface area contributed by atoms with Gasteiger partial charge < -0.3 is 30.9 Å². The van der Waals surface area contributed by atoms with Crippen LogP contribution in [0.3, 0.4) is 0 Å². The lowest BCUT2D eigenvalue weighted by Crippen LogP contribution is -2.08. The summed E-state index contributed by atoms with van der Waals surface area (Å²) in [5.41, 5.74) is -6.08. The van der Waals surface area contributed by atoms with Gasteiger partial charge in [-0.2, -0.15) is 89.3 Å². The third-order valence-corrected chi connectivity index (χ3v) is 24.3. The molecule has 0 aliphatic carbocycles. The molecule has 0 spiro atoms. The van der Waals surface area contributed by atoms with Gasteiger partial charge in [0.25, 0.3) is 107 Å². The molecule has 0 saturated carbocycles. The summed E-state index contributed by atoms with van der Waals surface area (Å²) in [6.45, 7) is 0.618. The van der Waals surface area contributed by atoms with Crippen LogP contribution >= 0.6 is 0 Å². The van der Waals surface area contributed by atoms with E-state index < -0.39 is 303 Å². The van der Waals surface area contributed by atoms with Gasteiger partial charge in [0.15, 0.2) is 17.2 Å². The number of nitrogen functional groups attached to an aromatic ring is 1. The van der Waals surface area contributed by atoms with Crippen LogP contribution < -0.4 is 10.5 Å². The van der Waals surface area contributed by atoms with Crippen LogP contribution in [0.2, 0.25) is 0 Å². The zero-order valence-corrected chi connectivity index (χ0v) is 63.8. The first-order valence-corrected chi connectivity index (χ1v) is 44.2. The van der Waals surface area contributed by atoms with Gasteiger partial charge in [-0.1, -0.05) is 0 Å². The average molecular weight is 1800 g/mol. The number of rotatable bonds is 25. The fraction of sp³-hybridized carbons (Fsp3) is 0.0714. The van der Waals surface area contributed by atoms with Gasteiger partial charge in [-0.15, -0.1) is 46.0 Å². The third-order valence-electron chi connectivity index (χ3n) is 15.6. The fourth-order valence-electron chi connectivity index (χ4n) is 10.7. The Bertz CT molecular complexity index is 7430. The SMILES string of the molecule is Cc1cc(N=Nc2c(S(=O)(=O)O)cc3cc(S(=O)(=O)O)c(N=Nc4c(S(=O)(=O)O)cc5c(S(=O)(=O)O)c(N=Nc6cc(S(=O)(=O)O)c7cc(S(=O)(=O)O)c(N=Nc8ccc([N+](=O)[O-])cc8S(=O)(=O)O)c(O)c7c6N)ccc5c4O)cc3c2O)c(OCCCS(=O)(=O)O)cc1N=Nc1cc(S(=O)(=O)O)cc2cc(S(=O)(=O)O)cc(O)c12. The van der Waals surface area contributed by atoms with Crippen molar-refractivity contribution in [3.8, 4) is 28.7 Å². The molecule has 0 saturated heterocycles. The summed E-state index contributed by atoms with van der Waals surface area (Å²) in [6.07, 6.45) is -0.492. The number of nitrogens with zero attached hydrogens (tertiary/aromatic N) is 11. The number of anilines is 1. The van der Waals surface area contributed by atoms with Crippen molar-refractivity contribution in [3.63, 3.8) is 0 Å². The number of fused-ring (bicyclic) bond motifs is 4. The van der Waals surface area contributed by atoms with E-state index in [1.165, 1.54) is 6.92 Å². The van der Waals surface area contributed by atoms with Crippen molar-refractivity contribution >= 4 is 213 Å². The second-order valence-corrected chi connectivity index (χ2v) is 37.4. The molecule has 16 N–H and O–H groups in total. The van der Waals surface area contributed by atoms with Gasteiger partial charge in [0.05, 0.1) is 54.9 Å². The Balaban J connectivity index is 1.09. The Morgan fingerprint density at radius 3 is 1.36 bits per heavy atom. The van der Waals surface area contributed by atoms with Crippen molar-refractivity contribution in [2.75, 3.05) is 18.1 Å². The topological polar surface area (TPSA) is 827 Å². The number of azo groups is 5. The van der Waals surface area contributed by atoms with Gasteiger partial charge in [-0.05, 0) is 109 Å². The molecule has 0 atom stereocenters. The molecule has 10 rings (SSSR count). The van der Waals surface area contributed by atoms with Gasteiger partial charge in [-0.25, -0.2) is 0 Å². The summed E-state index contributed by atoms with van der Waals surface area (Å²) >= 11 is 0. The largest absolute Gasteiger partial charge is 0.507 e. The first-order chi connectivity index (χ1) is 52.6. The van der Waals surface area contributed by atoms with E-state index in [1.54, 1.807) is 0 Å². The second-order valence-electron chi connectivity index (χ2n) is 23.3. The number of aryl methyl sites for hydroxylation is 1. The summed E-state index contributed by atoms with van der Waals surface area (Å²) < 4.78 is 360. The molecule has 49 nitrogen and oxygen atoms in total. The lowest BCUT2D eigenvalue weighted by atomic mass is 10.0. The minimum atomic E-state index is -5.99. The minimum absolute atomic E-state index is 0.0567. The van der Waals surface area contributed by atoms with Gasteiger partial charge in [0.1, 0.15) is 91.3 Å². The molecule has 0 fully saturated rings. The van der Waals surface area contributed by atoms with Crippen LogP contribution in [-0.2, 0) is 101 Å². The van der Waals surface area contributed by atoms with Gasteiger partial charge in [0.2, 0.25) is 0 Å². The van der Waals surface area contributed by atoms with E-state index in [-0.39, 0.29) is 35.5 Å². The Kier molecular flexibility index (Phi) is 22.5. The fourth-order valence-corrected chi connectivity index (χ4v) is 17.0. The molecule has 0 heterocycles. The van der Waals surface area contributed by atoms with Crippen LogP contribution in [-0.4, -0.2) is 167 Å². The highest BCUT2D eigenvalue weighted by Gasteiger charge is 2.34. The lowest BCUT2D eigenvalue weighted by Gasteiger charge is -2.15. The predicted molar refractivity (Wildman–Crippen MR) is 387 cm³/mol. The van der Waals surface area contributed by atoms with Crippen molar-refractivity contribution in [2.24, 2.45) is 51.1 Å². The monoisotopic (exact) mass is 1790 g/mol. The summed E-state index contributed by atoms with van der Waals surface area (Å²) in [4.78, 5) is -2.28. The molecular weight excluding hydrogens is 1750 g/mol. The number of ether oxygens (including phenoxy) is 1. The molecule has 0 aliphatic heterocycles. The Morgan fingerprint density at radius 1 is 0.374 bits per heavy atom. The maximum Gasteiger partial charge on any atom is 0.297 e. The van der Waals surface area contributed by atoms with Crippen LogP contribution in [0, 0.1) is 17.0 Å². The van der Waals surface area contributed by atoms with Crippen molar-refractivity contribution in [1.29, 1.82) is 0 Å². The number of aromatic hydroxyl groups is 4. The number of nitrogens with two attached hydrogens (primary N) is 1. The maximum absolute atomic E-state index is 13.4. The molecule has 10 aromatic carbocycles. The molecule has 0 radical (unpaired) electrons. The molecule has 608 valence electrons. The summed E-state index contributed by atoms with van der Waals surface area (Å²) in [5, 5.41) is 87.2. The Hall–Kier alpha value is -11.5. The average Bonchev–Trinajstić information content (AvgIpc) is 0.739. The van der Waals surface area contributed by atoms with E-state index >= 15 is 0 Å². The van der Waals surface area contributed by atoms with Crippen molar-refractivity contribution in [2.45, 2.75) is 57.4 Å². The normalized spacial score (nSPS) is 13.5. The molecule has 10 aromatic rings. The smallest absolute Gasteiger partial charge is 0.297 e. The Labute approximate surface area is 642 Å². The maximum atomic E-state index is 13.4. The lowest BCUT2D eigenvalue weighted by molar-refractivity contribution is -0.385. The summed E-state index contributed by atoms with van der Waals surface area (Å²) in [5.74, 6) is -7.04. The third kappa shape index (κ3) is 18.4. The number of hydrogen-bond acceptors (Lipinski definition) is 38. The van der Waals surface area contributed by atoms with E-state index in [0.717, 1.165) is 12.1 Å². The number of phenols is 4. The number of hydrogen-bond donors (Lipinski definition) is 15. The highest BCUT2D eigenvalue weighted by atomic mass is 32.3. The van der Waals surface area contributed by atoms with Gasteiger partial charge >= 0.3 is 0 Å². The van der Waals surface area contributed by atoms with Crippen molar-refractivity contribution in [3.05, 3.63) is 119 Å². The zero-order chi connectivity index (χ0) is 85.7. The number of non-ortho nitro benzene ring substituents is 1.